The van der Waals surface area contributed by atoms with Gasteiger partial charge in [-0.1, -0.05) is 13.8 Å². The molecule has 1 spiro atoms. The monoisotopic (exact) mass is 312 g/mol. The van der Waals surface area contributed by atoms with E-state index in [1.807, 2.05) is 13.8 Å². The first-order chi connectivity index (χ1) is 10.5. The van der Waals surface area contributed by atoms with E-state index in [0.717, 1.165) is 19.3 Å². The van der Waals surface area contributed by atoms with Crippen LogP contribution in [0.15, 0.2) is 0 Å². The van der Waals surface area contributed by atoms with Crippen LogP contribution in [0.4, 0.5) is 0 Å². The van der Waals surface area contributed by atoms with Gasteiger partial charge in [0.1, 0.15) is 0 Å². The fraction of sp³-hybridized carbons (Fsp3) is 1.00. The van der Waals surface area contributed by atoms with Crippen molar-refractivity contribution in [1.82, 2.24) is 0 Å². The number of fused-ring (bicyclic) bond motifs is 2. The lowest BCUT2D eigenvalue weighted by molar-refractivity contribution is -0.577. The van der Waals surface area contributed by atoms with Crippen LogP contribution in [0.5, 0.6) is 0 Å². The summed E-state index contributed by atoms with van der Waals surface area (Å²) in [6.45, 7) is 9.15. The molecule has 0 aromatic carbocycles. The molecule has 0 aromatic rings. The minimum absolute atomic E-state index is 0.216. The zero-order chi connectivity index (χ0) is 15.5. The Hall–Kier alpha value is -0.200. The zero-order valence-corrected chi connectivity index (χ0v) is 14.0. The number of rotatable bonds is 2. The first-order valence-electron chi connectivity index (χ1n) is 8.82. The van der Waals surface area contributed by atoms with Gasteiger partial charge in [0.15, 0.2) is 18.2 Å². The maximum Gasteiger partial charge on any atom is 0.201 e. The van der Waals surface area contributed by atoms with Crippen molar-refractivity contribution >= 4 is 0 Å². The van der Waals surface area contributed by atoms with Crippen molar-refractivity contribution in [2.75, 3.05) is 6.61 Å². The van der Waals surface area contributed by atoms with Gasteiger partial charge in [0.2, 0.25) is 5.79 Å². The summed E-state index contributed by atoms with van der Waals surface area (Å²) in [5.74, 6) is 0.957. The quantitative estimate of drug-likeness (QED) is 0.733. The van der Waals surface area contributed by atoms with Gasteiger partial charge in [-0.25, -0.2) is 9.78 Å². The second kappa shape index (κ2) is 5.15. The topological polar surface area (TPSA) is 46.2 Å². The summed E-state index contributed by atoms with van der Waals surface area (Å²) in [5.41, 5.74) is -0.472. The first kappa shape index (κ1) is 15.3. The third-order valence-electron chi connectivity index (χ3n) is 6.43. The second-order valence-electron chi connectivity index (χ2n) is 7.73. The Labute approximate surface area is 132 Å². The van der Waals surface area contributed by atoms with Gasteiger partial charge in [-0.05, 0) is 44.9 Å². The van der Waals surface area contributed by atoms with Crippen LogP contribution in [0.2, 0.25) is 0 Å². The Morgan fingerprint density at radius 2 is 1.91 bits per heavy atom. The van der Waals surface area contributed by atoms with Crippen molar-refractivity contribution in [2.24, 2.45) is 23.7 Å². The average molecular weight is 312 g/mol. The minimum atomic E-state index is -0.700. The molecule has 5 nitrogen and oxygen atoms in total. The maximum absolute atomic E-state index is 6.25. The Morgan fingerprint density at radius 3 is 2.68 bits per heavy atom. The van der Waals surface area contributed by atoms with E-state index in [4.69, 9.17) is 24.0 Å². The zero-order valence-electron chi connectivity index (χ0n) is 14.0. The van der Waals surface area contributed by atoms with Gasteiger partial charge in [0.25, 0.3) is 0 Å². The Morgan fingerprint density at radius 1 is 1.09 bits per heavy atom. The number of hydrogen-bond donors (Lipinski definition) is 0. The summed E-state index contributed by atoms with van der Waals surface area (Å²) in [6, 6.07) is 0. The fourth-order valence-corrected chi connectivity index (χ4v) is 5.23. The van der Waals surface area contributed by atoms with Gasteiger partial charge in [-0.2, -0.15) is 0 Å². The molecule has 126 valence electrons. The summed E-state index contributed by atoms with van der Waals surface area (Å²) in [6.07, 6.45) is 3.66. The van der Waals surface area contributed by atoms with Crippen molar-refractivity contribution in [3.8, 4) is 0 Å². The highest BCUT2D eigenvalue weighted by atomic mass is 17.3. The maximum atomic E-state index is 6.25. The molecule has 2 unspecified atom stereocenters. The van der Waals surface area contributed by atoms with Crippen LogP contribution >= 0.6 is 0 Å². The highest BCUT2D eigenvalue weighted by Gasteiger charge is 2.69. The third kappa shape index (κ3) is 1.96. The van der Waals surface area contributed by atoms with Gasteiger partial charge in [-0.3, -0.25) is 0 Å². The van der Waals surface area contributed by atoms with Gasteiger partial charge in [0.05, 0.1) is 0 Å². The van der Waals surface area contributed by atoms with E-state index in [9.17, 15) is 0 Å². The molecule has 1 aliphatic carbocycles. The van der Waals surface area contributed by atoms with E-state index in [-0.39, 0.29) is 18.5 Å². The smallest absolute Gasteiger partial charge is 0.201 e. The van der Waals surface area contributed by atoms with Crippen molar-refractivity contribution < 1.29 is 24.0 Å². The third-order valence-corrected chi connectivity index (χ3v) is 6.43. The molecule has 0 N–H and O–H groups in total. The lowest BCUT2D eigenvalue weighted by Gasteiger charge is -2.60. The van der Waals surface area contributed by atoms with Gasteiger partial charge in [-0.15, -0.1) is 0 Å². The van der Waals surface area contributed by atoms with Gasteiger partial charge >= 0.3 is 0 Å². The molecule has 0 amide bonds. The van der Waals surface area contributed by atoms with E-state index in [1.54, 1.807) is 0 Å². The summed E-state index contributed by atoms with van der Waals surface area (Å²) >= 11 is 0. The van der Waals surface area contributed by atoms with E-state index >= 15 is 0 Å². The van der Waals surface area contributed by atoms with Crippen molar-refractivity contribution in [3.63, 3.8) is 0 Å². The molecule has 4 saturated heterocycles. The summed E-state index contributed by atoms with van der Waals surface area (Å²) in [5, 5.41) is 0. The molecule has 4 heterocycles. The van der Waals surface area contributed by atoms with Crippen molar-refractivity contribution in [3.05, 3.63) is 0 Å². The SMILES string of the molecule is CCO[C@@H]1O[C@@H]2O[C@]3(C)CCC4[C@H](C)CC[C@@H]([C@H]1C)C42OO3. The first-order valence-corrected chi connectivity index (χ1v) is 8.82. The van der Waals surface area contributed by atoms with E-state index < -0.39 is 11.4 Å². The average Bonchev–Trinajstić information content (AvgIpc) is 2.71. The predicted octanol–water partition coefficient (Wildman–Crippen LogP) is 3.23. The molecule has 5 rings (SSSR count). The van der Waals surface area contributed by atoms with Crippen LogP contribution in [0, 0.1) is 23.7 Å². The fourth-order valence-electron chi connectivity index (χ4n) is 5.23. The molecule has 0 aromatic heterocycles. The van der Waals surface area contributed by atoms with Crippen LogP contribution in [0.25, 0.3) is 0 Å². The standard InChI is InChI=1S/C17H28O5/c1-5-18-14-11(3)13-7-6-10(2)12-8-9-16(4)20-15(19-14)17(12,13)22-21-16/h10-15H,5-9H2,1-4H3/t10-,11-,12?,13+,14-,15-,16+,17?/m1/s1. The minimum Gasteiger partial charge on any atom is -0.353 e. The molecule has 2 bridgehead atoms. The summed E-state index contributed by atoms with van der Waals surface area (Å²) < 4.78 is 18.3. The molecule has 22 heavy (non-hydrogen) atoms. The van der Waals surface area contributed by atoms with E-state index in [2.05, 4.69) is 13.8 Å². The van der Waals surface area contributed by atoms with Crippen LogP contribution in [-0.2, 0) is 24.0 Å². The largest absolute Gasteiger partial charge is 0.353 e. The van der Waals surface area contributed by atoms with E-state index in [1.165, 1.54) is 6.42 Å². The normalized spacial score (nSPS) is 57.3. The summed E-state index contributed by atoms with van der Waals surface area (Å²) in [4.78, 5) is 11.9. The van der Waals surface area contributed by atoms with Crippen LogP contribution in [0.1, 0.15) is 53.4 Å². The Kier molecular flexibility index (Phi) is 3.59. The van der Waals surface area contributed by atoms with Gasteiger partial charge in [0, 0.05) is 24.9 Å². The Bertz CT molecular complexity index is 443. The number of ether oxygens (including phenoxy) is 3. The second-order valence-corrected chi connectivity index (χ2v) is 7.73. The Balaban J connectivity index is 1.75. The van der Waals surface area contributed by atoms with Gasteiger partial charge < -0.3 is 14.2 Å². The van der Waals surface area contributed by atoms with Crippen molar-refractivity contribution in [1.29, 1.82) is 0 Å². The summed E-state index contributed by atoms with van der Waals surface area (Å²) in [7, 11) is 0. The molecule has 8 atom stereocenters. The molecular weight excluding hydrogens is 284 g/mol. The highest BCUT2D eigenvalue weighted by molar-refractivity contribution is 5.09. The molecular formula is C17H28O5. The molecule has 5 heteroatoms. The highest BCUT2D eigenvalue weighted by Crippen LogP contribution is 2.60. The molecule has 5 fully saturated rings. The lowest BCUT2D eigenvalue weighted by atomic mass is 9.58. The van der Waals surface area contributed by atoms with Crippen LogP contribution in [-0.4, -0.2) is 30.6 Å². The molecule has 5 aliphatic rings. The molecule has 0 radical (unpaired) electrons. The van der Waals surface area contributed by atoms with Crippen molar-refractivity contribution in [2.45, 2.75) is 77.3 Å². The molecule has 1 saturated carbocycles. The van der Waals surface area contributed by atoms with Crippen LogP contribution < -0.4 is 0 Å². The van der Waals surface area contributed by atoms with E-state index in [0.29, 0.717) is 24.4 Å². The number of hydrogen-bond acceptors (Lipinski definition) is 5. The van der Waals surface area contributed by atoms with Crippen LogP contribution in [0.3, 0.4) is 0 Å². The predicted molar refractivity (Wildman–Crippen MR) is 78.5 cm³/mol. The molecule has 4 aliphatic heterocycles. The lowest BCUT2D eigenvalue weighted by Crippen LogP contribution is -2.70.